The monoisotopic (exact) mass is 344 g/mol. The predicted octanol–water partition coefficient (Wildman–Crippen LogP) is 1.37. The number of benzene rings is 1. The van der Waals surface area contributed by atoms with Crippen LogP contribution in [0.2, 0.25) is 0 Å². The Morgan fingerprint density at radius 2 is 2.05 bits per heavy atom. The van der Waals surface area contributed by atoms with E-state index in [1.165, 1.54) is 12.1 Å². The Morgan fingerprint density at radius 1 is 1.35 bits per heavy atom. The summed E-state index contributed by atoms with van der Waals surface area (Å²) in [5.74, 6) is -1.80. The molecular formula is C12H13BrN2O5. The smallest absolute Gasteiger partial charge is 0.339 e. The normalized spacial score (nSPS) is 9.70. The van der Waals surface area contributed by atoms with E-state index >= 15 is 0 Å². The van der Waals surface area contributed by atoms with Gasteiger partial charge in [0.05, 0.1) is 0 Å². The molecule has 0 aliphatic rings. The summed E-state index contributed by atoms with van der Waals surface area (Å²) in [4.78, 5) is 33.5. The Labute approximate surface area is 123 Å². The fourth-order valence-electron chi connectivity index (χ4n) is 1.30. The number of aromatic carboxylic acids is 1. The number of carboxylic acids is 1. The molecule has 0 radical (unpaired) electrons. The third-order valence-corrected chi connectivity index (χ3v) is 2.62. The number of rotatable bonds is 5. The average Bonchev–Trinajstić information content (AvgIpc) is 2.36. The van der Waals surface area contributed by atoms with Crippen LogP contribution in [-0.2, 0) is 4.79 Å². The minimum Gasteiger partial charge on any atom is -0.483 e. The summed E-state index contributed by atoms with van der Waals surface area (Å²) in [6.45, 7) is 1.63. The maximum atomic E-state index is 11.4. The number of hydrogen-bond donors (Lipinski definition) is 3. The van der Waals surface area contributed by atoms with Gasteiger partial charge in [0.1, 0.15) is 11.3 Å². The lowest BCUT2D eigenvalue weighted by Crippen LogP contribution is -2.41. The summed E-state index contributed by atoms with van der Waals surface area (Å²) in [7, 11) is 0. The van der Waals surface area contributed by atoms with Crippen molar-refractivity contribution >= 4 is 33.8 Å². The summed E-state index contributed by atoms with van der Waals surface area (Å²) in [6.07, 6.45) is 0. The summed E-state index contributed by atoms with van der Waals surface area (Å²) >= 11 is 3.18. The van der Waals surface area contributed by atoms with Gasteiger partial charge >= 0.3 is 12.0 Å². The van der Waals surface area contributed by atoms with Crippen LogP contribution in [0.3, 0.4) is 0 Å². The second-order valence-electron chi connectivity index (χ2n) is 3.64. The molecule has 0 spiro atoms. The van der Waals surface area contributed by atoms with Crippen molar-refractivity contribution in [1.82, 2.24) is 10.6 Å². The van der Waals surface area contributed by atoms with Crippen molar-refractivity contribution in [2.75, 3.05) is 13.2 Å². The van der Waals surface area contributed by atoms with E-state index in [4.69, 9.17) is 9.84 Å². The first-order valence-electron chi connectivity index (χ1n) is 5.67. The number of carbonyl (C=O) groups is 3. The molecule has 0 saturated heterocycles. The van der Waals surface area contributed by atoms with E-state index in [1.807, 2.05) is 5.32 Å². The molecule has 1 aromatic rings. The van der Waals surface area contributed by atoms with Gasteiger partial charge in [0.15, 0.2) is 6.61 Å². The van der Waals surface area contributed by atoms with E-state index < -0.39 is 24.5 Å². The molecule has 108 valence electrons. The van der Waals surface area contributed by atoms with Gasteiger partial charge < -0.3 is 15.2 Å². The van der Waals surface area contributed by atoms with Gasteiger partial charge in [-0.1, -0.05) is 15.9 Å². The van der Waals surface area contributed by atoms with Crippen molar-refractivity contribution < 1.29 is 24.2 Å². The highest BCUT2D eigenvalue weighted by molar-refractivity contribution is 9.10. The van der Waals surface area contributed by atoms with Gasteiger partial charge in [-0.05, 0) is 25.1 Å². The molecule has 0 aliphatic carbocycles. The lowest BCUT2D eigenvalue weighted by Gasteiger charge is -2.09. The Kier molecular flexibility index (Phi) is 5.98. The minimum atomic E-state index is -1.17. The molecule has 0 bridgehead atoms. The van der Waals surface area contributed by atoms with E-state index in [1.54, 1.807) is 13.0 Å². The lowest BCUT2D eigenvalue weighted by molar-refractivity contribution is -0.122. The molecule has 0 unspecified atom stereocenters. The van der Waals surface area contributed by atoms with Crippen LogP contribution in [0.15, 0.2) is 22.7 Å². The van der Waals surface area contributed by atoms with Crippen molar-refractivity contribution in [3.05, 3.63) is 28.2 Å². The highest BCUT2D eigenvalue weighted by Gasteiger charge is 2.14. The molecule has 0 aromatic heterocycles. The van der Waals surface area contributed by atoms with Gasteiger partial charge in [-0.3, -0.25) is 10.1 Å². The molecule has 1 rings (SSSR count). The second-order valence-corrected chi connectivity index (χ2v) is 4.56. The van der Waals surface area contributed by atoms with Crippen molar-refractivity contribution in [2.24, 2.45) is 0 Å². The van der Waals surface area contributed by atoms with E-state index in [0.29, 0.717) is 11.0 Å². The first-order chi connectivity index (χ1) is 9.43. The van der Waals surface area contributed by atoms with E-state index in [0.717, 1.165) is 0 Å². The zero-order chi connectivity index (χ0) is 15.1. The molecule has 20 heavy (non-hydrogen) atoms. The van der Waals surface area contributed by atoms with Crippen LogP contribution in [-0.4, -0.2) is 36.2 Å². The molecule has 3 N–H and O–H groups in total. The topological polar surface area (TPSA) is 105 Å². The second kappa shape index (κ2) is 7.49. The van der Waals surface area contributed by atoms with Crippen molar-refractivity contribution in [3.8, 4) is 5.75 Å². The molecule has 8 heteroatoms. The largest absolute Gasteiger partial charge is 0.483 e. The molecule has 0 fully saturated rings. The summed E-state index contributed by atoms with van der Waals surface area (Å²) in [6, 6.07) is 3.70. The molecule has 3 amide bonds. The zero-order valence-electron chi connectivity index (χ0n) is 10.6. The Balaban J connectivity index is 2.65. The number of imide groups is 1. The molecule has 0 heterocycles. The number of carboxylic acid groups (broad SMARTS) is 1. The van der Waals surface area contributed by atoms with Crippen LogP contribution in [0.4, 0.5) is 4.79 Å². The molecular weight excluding hydrogens is 332 g/mol. The first-order valence-corrected chi connectivity index (χ1v) is 6.46. The van der Waals surface area contributed by atoms with Gasteiger partial charge in [0.25, 0.3) is 5.91 Å². The molecule has 0 atom stereocenters. The number of nitrogens with one attached hydrogen (secondary N) is 2. The van der Waals surface area contributed by atoms with Crippen LogP contribution in [0.1, 0.15) is 17.3 Å². The highest BCUT2D eigenvalue weighted by Crippen LogP contribution is 2.23. The fraction of sp³-hybridized carbons (Fsp3) is 0.250. The molecule has 1 aromatic carbocycles. The number of halogens is 1. The SMILES string of the molecule is CCNC(=O)NC(=O)COc1cc(Br)ccc1C(=O)O. The van der Waals surface area contributed by atoms with E-state index in [9.17, 15) is 14.4 Å². The van der Waals surface area contributed by atoms with Crippen LogP contribution < -0.4 is 15.4 Å². The van der Waals surface area contributed by atoms with Crippen molar-refractivity contribution in [3.63, 3.8) is 0 Å². The summed E-state index contributed by atoms with van der Waals surface area (Å²) < 4.78 is 5.73. The Hall–Kier alpha value is -2.09. The standard InChI is InChI=1S/C12H13BrN2O5/c1-2-14-12(19)15-10(16)6-20-9-5-7(13)3-4-8(9)11(17)18/h3-5H,2,6H2,1H3,(H,17,18)(H2,14,15,16,19). The maximum absolute atomic E-state index is 11.4. The van der Waals surface area contributed by atoms with Crippen LogP contribution >= 0.6 is 15.9 Å². The highest BCUT2D eigenvalue weighted by atomic mass is 79.9. The quantitative estimate of drug-likeness (QED) is 0.748. The van der Waals surface area contributed by atoms with E-state index in [2.05, 4.69) is 21.2 Å². The Morgan fingerprint density at radius 3 is 2.65 bits per heavy atom. The number of urea groups is 1. The fourth-order valence-corrected chi connectivity index (χ4v) is 1.64. The number of ether oxygens (including phenoxy) is 1. The lowest BCUT2D eigenvalue weighted by atomic mass is 10.2. The van der Waals surface area contributed by atoms with Gasteiger partial charge in [-0.15, -0.1) is 0 Å². The van der Waals surface area contributed by atoms with Gasteiger partial charge in [0.2, 0.25) is 0 Å². The van der Waals surface area contributed by atoms with E-state index in [-0.39, 0.29) is 11.3 Å². The predicted molar refractivity (Wildman–Crippen MR) is 73.8 cm³/mol. The molecule has 0 saturated carbocycles. The van der Waals surface area contributed by atoms with Gasteiger partial charge in [0, 0.05) is 11.0 Å². The minimum absolute atomic E-state index is 0.0397. The first kappa shape index (κ1) is 16.0. The van der Waals surface area contributed by atoms with Crippen LogP contribution in [0, 0.1) is 0 Å². The summed E-state index contributed by atoms with van der Waals surface area (Å²) in [5.41, 5.74) is -0.0704. The van der Waals surface area contributed by atoms with Crippen LogP contribution in [0.5, 0.6) is 5.75 Å². The molecule has 0 aliphatic heterocycles. The van der Waals surface area contributed by atoms with Crippen LogP contribution in [0.25, 0.3) is 0 Å². The third kappa shape index (κ3) is 4.88. The Bertz CT molecular complexity index is 533. The number of carbonyl (C=O) groups excluding carboxylic acids is 2. The van der Waals surface area contributed by atoms with Crippen molar-refractivity contribution in [1.29, 1.82) is 0 Å². The average molecular weight is 345 g/mol. The third-order valence-electron chi connectivity index (χ3n) is 2.12. The zero-order valence-corrected chi connectivity index (χ0v) is 12.2. The summed E-state index contributed by atoms with van der Waals surface area (Å²) in [5, 5.41) is 13.4. The number of amides is 3. The maximum Gasteiger partial charge on any atom is 0.339 e. The van der Waals surface area contributed by atoms with Gasteiger partial charge in [-0.2, -0.15) is 0 Å². The molecule has 7 nitrogen and oxygen atoms in total. The van der Waals surface area contributed by atoms with Gasteiger partial charge in [-0.25, -0.2) is 9.59 Å². The van der Waals surface area contributed by atoms with Crippen molar-refractivity contribution in [2.45, 2.75) is 6.92 Å². The number of hydrogen-bond acceptors (Lipinski definition) is 4.